The van der Waals surface area contributed by atoms with Crippen molar-refractivity contribution in [3.63, 3.8) is 0 Å². The summed E-state index contributed by atoms with van der Waals surface area (Å²) in [5, 5.41) is 2.82. The van der Waals surface area contributed by atoms with Gasteiger partial charge in [0.2, 0.25) is 0 Å². The van der Waals surface area contributed by atoms with E-state index in [1.807, 2.05) is 6.07 Å². The van der Waals surface area contributed by atoms with Crippen LogP contribution in [-0.2, 0) is 4.57 Å². The van der Waals surface area contributed by atoms with Crippen LogP contribution in [0.5, 0.6) is 0 Å². The van der Waals surface area contributed by atoms with Gasteiger partial charge in [-0.05, 0) is 110 Å². The summed E-state index contributed by atoms with van der Waals surface area (Å²) in [5.41, 5.74) is 22.3. The molecule has 0 atom stereocenters. The Morgan fingerprint density at radius 1 is 0.543 bits per heavy atom. The van der Waals surface area contributed by atoms with E-state index >= 15 is 0 Å². The number of nitrogens with zero attached hydrogens (tertiary/aromatic N) is 4. The van der Waals surface area contributed by atoms with E-state index in [0.717, 1.165) is 40.3 Å². The summed E-state index contributed by atoms with van der Waals surface area (Å²) in [6, 6.07) is 16.9. The first-order valence-electron chi connectivity index (χ1n) is 21.2. The minimum absolute atomic E-state index is 0. The number of fused-ring (bicyclic) bond motifs is 7. The number of nitrogens with two attached hydrogens (primary N) is 4. The van der Waals surface area contributed by atoms with Gasteiger partial charge in [0, 0.05) is 51.7 Å². The average Bonchev–Trinajstić information content (AvgIpc) is 3.35. The van der Waals surface area contributed by atoms with Crippen LogP contribution >= 0.6 is 133 Å². The van der Waals surface area contributed by atoms with Crippen LogP contribution in [0.25, 0.3) is 43.1 Å². The number of quaternary nitrogens is 2. The number of rotatable bonds is 1. The summed E-state index contributed by atoms with van der Waals surface area (Å²) < 4.78 is 109. The monoisotopic (exact) mass is 1390 g/mol. The zero-order valence-corrected chi connectivity index (χ0v) is 49.6. The van der Waals surface area contributed by atoms with Gasteiger partial charge in [-0.15, -0.1) is 17.1 Å². The van der Waals surface area contributed by atoms with Gasteiger partial charge in [0.05, 0.1) is 48.2 Å². The number of benzene rings is 4. The fraction of sp³-hybridized carbons (Fsp3) is 0.163. The minimum Gasteiger partial charge on any atom is -1.00 e. The Bertz CT molecular complexity index is 3500. The van der Waals surface area contributed by atoms with Crippen molar-refractivity contribution >= 4 is 213 Å². The number of hydrogen-bond acceptors (Lipinski definition) is 9. The van der Waals surface area contributed by atoms with Crippen molar-refractivity contribution in [3.8, 4) is 0 Å². The van der Waals surface area contributed by atoms with Gasteiger partial charge in [0.1, 0.15) is 29.9 Å². The third-order valence-corrected chi connectivity index (χ3v) is 13.2. The number of nitrogens with one attached hydrogen (secondary N) is 2. The minimum atomic E-state index is -3.67. The molecule has 7 heterocycles. The Labute approximate surface area is 508 Å². The van der Waals surface area contributed by atoms with E-state index in [-0.39, 0.29) is 75.0 Å². The Kier molecular flexibility index (Phi) is 33.0. The van der Waals surface area contributed by atoms with Crippen LogP contribution in [0.1, 0.15) is 0 Å². The van der Waals surface area contributed by atoms with Crippen LogP contribution in [0.4, 0.5) is 61.9 Å². The highest BCUT2D eigenvalue weighted by Gasteiger charge is 2.50. The maximum atomic E-state index is 13.5. The molecule has 3 aliphatic rings. The summed E-state index contributed by atoms with van der Waals surface area (Å²) in [5.74, 6) is -1.21. The third kappa shape index (κ3) is 23.9. The van der Waals surface area contributed by atoms with E-state index in [0.29, 0.717) is 68.4 Å². The molecule has 10 N–H and O–H groups in total. The molecule has 3 fully saturated rings. The van der Waals surface area contributed by atoms with Gasteiger partial charge in [0.25, 0.3) is 11.1 Å². The number of alkyl halides is 1. The molecule has 3 aliphatic heterocycles. The zero-order chi connectivity index (χ0) is 59.0. The molecule has 38 heteroatoms. The highest BCUT2D eigenvalue weighted by Crippen LogP contribution is 2.61. The SMILES string of the molecule is Cl.FB(F)F.FB(F)F.F[N+]12CC[N+](CCl)(CC1)CC2.Nc1c(Cl)cc2c(=O)[nH]ccc2c1F.Nc1c(Cl)cc2c(Cl)nccc2c1F.Nc1cc2cc[nH]c(=O)c2cc1Cl.Nc1cc2ccnc(Cl)c2cc1Cl.O=P(Cl)(Cl)Cl.[F-].[F-]. The summed E-state index contributed by atoms with van der Waals surface area (Å²) in [6.07, 6.45) is 6.00. The van der Waals surface area contributed by atoms with Crippen molar-refractivity contribution in [1.82, 2.24) is 19.9 Å². The maximum absolute atomic E-state index is 13.5. The van der Waals surface area contributed by atoms with Crippen molar-refractivity contribution < 1.29 is 62.3 Å². The molecular weight excluding hydrogens is 1360 g/mol. The lowest BCUT2D eigenvalue weighted by Gasteiger charge is -2.48. The number of aromatic nitrogens is 4. The normalized spacial score (nSPS) is 15.2. The molecule has 444 valence electrons. The van der Waals surface area contributed by atoms with Crippen molar-refractivity contribution in [1.29, 1.82) is 0 Å². The number of halogens is 22. The topological polar surface area (TPSA) is 213 Å². The Balaban J connectivity index is 0.000000929. The molecule has 0 aliphatic carbocycles. The van der Waals surface area contributed by atoms with Gasteiger partial charge in [0.15, 0.2) is 37.3 Å². The highest BCUT2D eigenvalue weighted by molar-refractivity contribution is 8.24. The molecule has 0 spiro atoms. The van der Waals surface area contributed by atoms with E-state index in [4.69, 9.17) is 104 Å². The second-order valence-electron chi connectivity index (χ2n) is 15.8. The van der Waals surface area contributed by atoms with E-state index in [9.17, 15) is 53.3 Å². The van der Waals surface area contributed by atoms with Gasteiger partial charge in [-0.1, -0.05) is 81.2 Å². The van der Waals surface area contributed by atoms with E-state index in [2.05, 4.69) is 53.7 Å². The standard InChI is InChI=1S/C9H5Cl2FN2.C9H6Cl2N2.C9H6ClFN2O.C9H7ClN2O.C7H14ClFN2.2BF3.Cl3OP.ClH.2FH/c10-6-3-5-4(7(12)8(6)13)1-2-14-9(5)11;10-7-4-6-5(3-8(7)12)1-2-13-9(6)11;10-6-3-5-4(7(11)8(6)12)1-2-13-9(5)14;10-7-4-6-5(3-8(7)11)1-2-12-9(6)13;8-7-10-1-4-11(9,5-2-10)6-3-10;2*2-1(3)4;1-5(2,3)4;;;/h1-3H,13H2;1-4H,12H2;1-3H,12H2,(H,13,14);1-4H,11H2,(H,12,13);1-7H2;;;;3*1H/q;;;;+2;;;;;;/p-2. The molecular formula is C43H39B2Cl11F11N10O3P. The lowest BCUT2D eigenvalue weighted by molar-refractivity contribution is -1.15. The van der Waals surface area contributed by atoms with Gasteiger partial charge >= 0.3 is 20.3 Å². The van der Waals surface area contributed by atoms with Crippen LogP contribution in [0, 0.1) is 11.6 Å². The number of piperazine rings is 3. The van der Waals surface area contributed by atoms with Crippen molar-refractivity contribution in [3.05, 3.63) is 148 Å². The van der Waals surface area contributed by atoms with Gasteiger partial charge in [-0.2, -0.15) is 0 Å². The van der Waals surface area contributed by atoms with E-state index in [1.165, 1.54) is 36.7 Å². The largest absolute Gasteiger partial charge is 1.00 e. The summed E-state index contributed by atoms with van der Waals surface area (Å²) in [6.45, 7) is 4.81. The van der Waals surface area contributed by atoms with Crippen molar-refractivity contribution in [2.45, 2.75) is 0 Å². The lowest BCUT2D eigenvalue weighted by atomic mass is 10.1. The number of hydrogen-bond donors (Lipinski definition) is 6. The third-order valence-electron chi connectivity index (χ3n) is 10.8. The summed E-state index contributed by atoms with van der Waals surface area (Å²) in [7, 11) is -7.33. The second kappa shape index (κ2) is 34.7. The van der Waals surface area contributed by atoms with E-state index < -0.39 is 31.9 Å². The number of aromatic amines is 2. The molecule has 0 amide bonds. The molecule has 11 rings (SSSR count). The number of pyridine rings is 4. The highest BCUT2D eigenvalue weighted by atomic mass is 36.0. The smallest absolute Gasteiger partial charge is 0.762 e. The molecule has 0 radical (unpaired) electrons. The molecule has 2 bridgehead atoms. The van der Waals surface area contributed by atoms with Gasteiger partial charge in [-0.3, -0.25) is 44.5 Å². The van der Waals surface area contributed by atoms with Crippen LogP contribution in [-0.4, -0.2) is 89.5 Å². The molecule has 3 saturated heterocycles. The fourth-order valence-corrected chi connectivity index (χ4v) is 8.44. The quantitative estimate of drug-likeness (QED) is 0.0106. The number of H-pyrrole nitrogens is 2. The van der Waals surface area contributed by atoms with Crippen LogP contribution in [0.3, 0.4) is 0 Å². The Morgan fingerprint density at radius 2 is 0.889 bits per heavy atom. The van der Waals surface area contributed by atoms with E-state index in [1.54, 1.807) is 42.7 Å². The molecule has 4 aromatic heterocycles. The predicted molar refractivity (Wildman–Crippen MR) is 312 cm³/mol. The Hall–Kier alpha value is -3.98. The van der Waals surface area contributed by atoms with Gasteiger partial charge < -0.3 is 42.3 Å². The second-order valence-corrected chi connectivity index (χ2v) is 25.1. The fourth-order valence-electron chi connectivity index (χ4n) is 6.94. The summed E-state index contributed by atoms with van der Waals surface area (Å²) >= 11 is 54.3. The number of nitrogen functional groups attached to an aromatic ring is 4. The molecule has 81 heavy (non-hydrogen) atoms. The molecule has 4 aromatic carbocycles. The first kappa shape index (κ1) is 77.0. The van der Waals surface area contributed by atoms with Crippen LogP contribution < -0.4 is 43.5 Å². The molecule has 13 nitrogen and oxygen atoms in total. The van der Waals surface area contributed by atoms with Crippen LogP contribution in [0.2, 0.25) is 30.4 Å². The first-order valence-corrected chi connectivity index (χ1v) is 28.4. The molecule has 0 unspecified atom stereocenters. The predicted octanol–water partition coefficient (Wildman–Crippen LogP) is 9.78. The Morgan fingerprint density at radius 3 is 1.33 bits per heavy atom. The summed E-state index contributed by atoms with van der Waals surface area (Å²) in [4.78, 5) is 35.3. The van der Waals surface area contributed by atoms with Crippen LogP contribution in [0.15, 0.2) is 95.0 Å². The van der Waals surface area contributed by atoms with Crippen molar-refractivity contribution in [2.24, 2.45) is 0 Å². The number of anilines is 4. The van der Waals surface area contributed by atoms with Gasteiger partial charge in [-0.25, -0.2) is 18.7 Å². The van der Waals surface area contributed by atoms with Crippen molar-refractivity contribution in [2.75, 3.05) is 68.2 Å². The molecule has 8 aromatic rings. The molecule has 0 saturated carbocycles. The first-order chi connectivity index (χ1) is 36.2. The lowest BCUT2D eigenvalue weighted by Crippen LogP contribution is -3.00. The maximum Gasteiger partial charge on any atom is 0.762 e. The average molecular weight is 1400 g/mol. The zero-order valence-electron chi connectivity index (χ0n) is 40.3.